The predicted octanol–water partition coefficient (Wildman–Crippen LogP) is 10.9. The summed E-state index contributed by atoms with van der Waals surface area (Å²) in [7, 11) is 0. The van der Waals surface area contributed by atoms with Gasteiger partial charge in [-0.15, -0.1) is 0 Å². The summed E-state index contributed by atoms with van der Waals surface area (Å²) in [5.41, 5.74) is 7.73. The van der Waals surface area contributed by atoms with Gasteiger partial charge in [-0.1, -0.05) is 146 Å². The quantitative estimate of drug-likeness (QED) is 0.154. The van der Waals surface area contributed by atoms with Gasteiger partial charge in [0.2, 0.25) is 0 Å². The number of aldehydes is 2. The number of carbonyl (C=O) groups excluding carboxylic acids is 2. The molecule has 206 valence electrons. The van der Waals surface area contributed by atoms with Gasteiger partial charge in [0.15, 0.2) is 12.6 Å². The lowest BCUT2D eigenvalue weighted by Crippen LogP contribution is -1.91. The van der Waals surface area contributed by atoms with Gasteiger partial charge in [0, 0.05) is 11.1 Å². The van der Waals surface area contributed by atoms with Crippen LogP contribution in [0.25, 0.3) is 76.5 Å². The summed E-state index contributed by atoms with van der Waals surface area (Å²) < 4.78 is 0. The molecule has 0 saturated carbocycles. The van der Waals surface area contributed by atoms with E-state index in [1.807, 2.05) is 48.5 Å². The zero-order valence-corrected chi connectivity index (χ0v) is 23.8. The third-order valence-corrected chi connectivity index (χ3v) is 8.88. The van der Waals surface area contributed by atoms with E-state index in [2.05, 4.69) is 97.1 Å². The molecule has 2 heteroatoms. The fourth-order valence-electron chi connectivity index (χ4n) is 6.88. The zero-order valence-electron chi connectivity index (χ0n) is 23.8. The molecule has 8 aromatic rings. The Bertz CT molecular complexity index is 2260. The van der Waals surface area contributed by atoms with Gasteiger partial charge in [0.05, 0.1) is 0 Å². The zero-order chi connectivity index (χ0) is 29.6. The molecular formula is C42H26O2. The molecule has 8 aromatic carbocycles. The van der Waals surface area contributed by atoms with Gasteiger partial charge >= 0.3 is 0 Å². The van der Waals surface area contributed by atoms with E-state index in [0.29, 0.717) is 11.1 Å². The molecule has 0 atom stereocenters. The minimum absolute atomic E-state index is 0.689. The van der Waals surface area contributed by atoms with Crippen molar-refractivity contribution in [2.24, 2.45) is 0 Å². The van der Waals surface area contributed by atoms with Crippen molar-refractivity contribution >= 4 is 55.7 Å². The molecule has 0 amide bonds. The molecule has 0 spiro atoms. The van der Waals surface area contributed by atoms with Crippen molar-refractivity contribution in [3.05, 3.63) is 157 Å². The van der Waals surface area contributed by atoms with E-state index in [1.165, 1.54) is 32.7 Å². The lowest BCUT2D eigenvalue weighted by atomic mass is 9.88. The molecule has 0 N–H and O–H groups in total. The molecule has 0 fully saturated rings. The van der Waals surface area contributed by atoms with Crippen molar-refractivity contribution in [3.8, 4) is 33.4 Å². The summed E-state index contributed by atoms with van der Waals surface area (Å²) in [6.45, 7) is 0. The van der Waals surface area contributed by atoms with Crippen LogP contribution in [0.2, 0.25) is 0 Å². The van der Waals surface area contributed by atoms with E-state index in [4.69, 9.17) is 0 Å². The van der Waals surface area contributed by atoms with Crippen molar-refractivity contribution < 1.29 is 9.59 Å². The first-order valence-electron chi connectivity index (χ1n) is 14.8. The van der Waals surface area contributed by atoms with Crippen LogP contribution in [-0.2, 0) is 0 Å². The summed E-state index contributed by atoms with van der Waals surface area (Å²) in [6.07, 6.45) is 1.86. The van der Waals surface area contributed by atoms with E-state index in [1.54, 1.807) is 0 Å². The van der Waals surface area contributed by atoms with Gasteiger partial charge in [-0.2, -0.15) is 0 Å². The highest BCUT2D eigenvalue weighted by Crippen LogP contribution is 2.41. The van der Waals surface area contributed by atoms with Crippen molar-refractivity contribution in [1.82, 2.24) is 0 Å². The van der Waals surface area contributed by atoms with E-state index in [9.17, 15) is 9.59 Å². The SMILES string of the molecule is O=Cc1ccccc1-c1cccc2c1ccc1c(-c3cccc4c3ccc3c(-c5ccccc5C=O)cccc34)cccc12. The third-order valence-electron chi connectivity index (χ3n) is 8.88. The van der Waals surface area contributed by atoms with Gasteiger partial charge in [-0.3, -0.25) is 9.59 Å². The van der Waals surface area contributed by atoms with Gasteiger partial charge in [-0.25, -0.2) is 0 Å². The highest BCUT2D eigenvalue weighted by molar-refractivity contribution is 6.20. The summed E-state index contributed by atoms with van der Waals surface area (Å²) in [5.74, 6) is 0. The van der Waals surface area contributed by atoms with Gasteiger partial charge < -0.3 is 0 Å². The molecule has 0 heterocycles. The van der Waals surface area contributed by atoms with Gasteiger partial charge in [0.1, 0.15) is 0 Å². The highest BCUT2D eigenvalue weighted by Gasteiger charge is 2.15. The average molecular weight is 563 g/mol. The van der Waals surface area contributed by atoms with Crippen molar-refractivity contribution in [3.63, 3.8) is 0 Å². The lowest BCUT2D eigenvalue weighted by Gasteiger charge is -2.16. The second kappa shape index (κ2) is 10.4. The summed E-state index contributed by atoms with van der Waals surface area (Å²) in [6, 6.07) is 50.1. The standard InChI is InChI=1S/C42H26O2/c43-25-27-9-1-3-11-29(27)31-13-5-15-33-35-17-7-19-37(41(35)23-21-39(31)33)38-20-8-18-36-34-16-6-14-32(40(34)22-24-42(36)38)30-12-4-2-10-28(30)26-44/h1-26H. The maximum Gasteiger partial charge on any atom is 0.150 e. The second-order valence-corrected chi connectivity index (χ2v) is 11.1. The molecule has 44 heavy (non-hydrogen) atoms. The molecule has 0 aromatic heterocycles. The fraction of sp³-hybridized carbons (Fsp3) is 0. The second-order valence-electron chi connectivity index (χ2n) is 11.1. The molecule has 8 rings (SSSR count). The van der Waals surface area contributed by atoms with Crippen LogP contribution in [0.5, 0.6) is 0 Å². The van der Waals surface area contributed by atoms with E-state index < -0.39 is 0 Å². The first-order valence-corrected chi connectivity index (χ1v) is 14.8. The van der Waals surface area contributed by atoms with Crippen molar-refractivity contribution in [2.75, 3.05) is 0 Å². The minimum Gasteiger partial charge on any atom is -0.298 e. The fourth-order valence-corrected chi connectivity index (χ4v) is 6.88. The topological polar surface area (TPSA) is 34.1 Å². The Morgan fingerprint density at radius 1 is 0.250 bits per heavy atom. The Morgan fingerprint density at radius 2 is 0.523 bits per heavy atom. The number of carbonyl (C=O) groups is 2. The van der Waals surface area contributed by atoms with E-state index >= 15 is 0 Å². The van der Waals surface area contributed by atoms with Crippen LogP contribution in [0.4, 0.5) is 0 Å². The van der Waals surface area contributed by atoms with Crippen molar-refractivity contribution in [1.29, 1.82) is 0 Å². The Balaban J connectivity index is 1.35. The van der Waals surface area contributed by atoms with E-state index in [-0.39, 0.29) is 0 Å². The largest absolute Gasteiger partial charge is 0.298 e. The smallest absolute Gasteiger partial charge is 0.150 e. The van der Waals surface area contributed by atoms with Gasteiger partial charge in [0.25, 0.3) is 0 Å². The van der Waals surface area contributed by atoms with Crippen molar-refractivity contribution in [2.45, 2.75) is 0 Å². The number of rotatable bonds is 5. The molecule has 0 unspecified atom stereocenters. The summed E-state index contributed by atoms with van der Waals surface area (Å²) in [5, 5.41) is 9.28. The summed E-state index contributed by atoms with van der Waals surface area (Å²) in [4.78, 5) is 23.7. The predicted molar refractivity (Wildman–Crippen MR) is 184 cm³/mol. The molecule has 0 aliphatic heterocycles. The Kier molecular flexibility index (Phi) is 6.13. The number of hydrogen-bond donors (Lipinski definition) is 0. The summed E-state index contributed by atoms with van der Waals surface area (Å²) >= 11 is 0. The first-order chi connectivity index (χ1) is 21.8. The number of hydrogen-bond acceptors (Lipinski definition) is 2. The van der Waals surface area contributed by atoms with Crippen LogP contribution in [0.15, 0.2) is 146 Å². The monoisotopic (exact) mass is 562 g/mol. The maximum atomic E-state index is 11.8. The highest BCUT2D eigenvalue weighted by atomic mass is 16.1. The Hall–Kier alpha value is -5.86. The van der Waals surface area contributed by atoms with Crippen LogP contribution in [0.3, 0.4) is 0 Å². The van der Waals surface area contributed by atoms with Crippen LogP contribution < -0.4 is 0 Å². The van der Waals surface area contributed by atoms with E-state index in [0.717, 1.165) is 56.4 Å². The van der Waals surface area contributed by atoms with Crippen LogP contribution >= 0.6 is 0 Å². The minimum atomic E-state index is 0.689. The maximum absolute atomic E-state index is 11.8. The Labute approximate surface area is 254 Å². The molecule has 0 aliphatic rings. The van der Waals surface area contributed by atoms with Crippen LogP contribution in [-0.4, -0.2) is 12.6 Å². The van der Waals surface area contributed by atoms with Crippen LogP contribution in [0.1, 0.15) is 20.7 Å². The molecule has 2 nitrogen and oxygen atoms in total. The Morgan fingerprint density at radius 3 is 0.841 bits per heavy atom. The molecule has 0 aliphatic carbocycles. The third kappa shape index (κ3) is 3.96. The van der Waals surface area contributed by atoms with Crippen LogP contribution in [0, 0.1) is 0 Å². The normalized spacial score (nSPS) is 11.4. The molecule has 0 bridgehead atoms. The number of benzene rings is 8. The molecule has 0 saturated heterocycles. The lowest BCUT2D eigenvalue weighted by molar-refractivity contribution is 0.111. The first kappa shape index (κ1) is 25.8. The van der Waals surface area contributed by atoms with Gasteiger partial charge in [-0.05, 0) is 76.5 Å². The molecular weight excluding hydrogens is 536 g/mol. The average Bonchev–Trinajstić information content (AvgIpc) is 3.10. The number of fused-ring (bicyclic) bond motifs is 6. The molecule has 0 radical (unpaired) electrons.